The van der Waals surface area contributed by atoms with E-state index in [0.717, 1.165) is 25.7 Å². The summed E-state index contributed by atoms with van der Waals surface area (Å²) in [4.78, 5) is 14.4. The molecule has 24 heavy (non-hydrogen) atoms. The van der Waals surface area contributed by atoms with E-state index in [9.17, 15) is 4.79 Å². The lowest BCUT2D eigenvalue weighted by Crippen LogP contribution is -2.54. The van der Waals surface area contributed by atoms with E-state index in [2.05, 4.69) is 5.32 Å². The molecule has 0 aliphatic heterocycles. The maximum absolute atomic E-state index is 12.6. The van der Waals surface area contributed by atoms with E-state index in [-0.39, 0.29) is 11.6 Å². The van der Waals surface area contributed by atoms with Crippen molar-refractivity contribution < 1.29 is 14.3 Å². The summed E-state index contributed by atoms with van der Waals surface area (Å²) in [6.45, 7) is 4.12. The van der Waals surface area contributed by atoms with Gasteiger partial charge >= 0.3 is 6.03 Å². The molecular weight excluding hydrogens is 328 g/mol. The van der Waals surface area contributed by atoms with Gasteiger partial charge in [-0.3, -0.25) is 0 Å². The first kappa shape index (κ1) is 18.9. The number of ether oxygens (including phenoxy) is 2. The molecule has 0 bridgehead atoms. The van der Waals surface area contributed by atoms with Gasteiger partial charge in [0.15, 0.2) is 0 Å². The average Bonchev–Trinajstić information content (AvgIpc) is 3.00. The highest BCUT2D eigenvalue weighted by Gasteiger charge is 2.36. The maximum atomic E-state index is 12.6. The van der Waals surface area contributed by atoms with Crippen molar-refractivity contribution in [3.8, 4) is 5.75 Å². The number of rotatable bonds is 8. The third-order valence-corrected chi connectivity index (χ3v) is 4.68. The van der Waals surface area contributed by atoms with E-state index in [4.69, 9.17) is 21.1 Å². The number of halogens is 1. The summed E-state index contributed by atoms with van der Waals surface area (Å²) in [6, 6.07) is 7.22. The fourth-order valence-electron chi connectivity index (χ4n) is 3.17. The monoisotopic (exact) mass is 354 g/mol. The molecule has 2 amide bonds. The minimum atomic E-state index is -0.215. The number of carbonyl (C=O) groups is 1. The molecule has 1 N–H and O–H groups in total. The van der Waals surface area contributed by atoms with Crippen molar-refractivity contribution in [3.63, 3.8) is 0 Å². The zero-order chi connectivity index (χ0) is 17.4. The molecule has 0 radical (unpaired) electrons. The Balaban J connectivity index is 1.84. The van der Waals surface area contributed by atoms with Gasteiger partial charge in [0.1, 0.15) is 12.4 Å². The van der Waals surface area contributed by atoms with Gasteiger partial charge in [-0.25, -0.2) is 4.79 Å². The van der Waals surface area contributed by atoms with Gasteiger partial charge in [-0.05, 0) is 38.0 Å². The molecule has 1 fully saturated rings. The molecule has 0 atom stereocenters. The third-order valence-electron chi connectivity index (χ3n) is 4.45. The summed E-state index contributed by atoms with van der Waals surface area (Å²) in [5.74, 6) is 0.714. The predicted molar refractivity (Wildman–Crippen MR) is 95.8 cm³/mol. The second kappa shape index (κ2) is 9.14. The van der Waals surface area contributed by atoms with Gasteiger partial charge in [-0.2, -0.15) is 0 Å². The Morgan fingerprint density at radius 1 is 1.38 bits per heavy atom. The molecule has 6 heteroatoms. The van der Waals surface area contributed by atoms with Crippen molar-refractivity contribution in [1.29, 1.82) is 0 Å². The van der Waals surface area contributed by atoms with Gasteiger partial charge in [-0.15, -0.1) is 0 Å². The van der Waals surface area contributed by atoms with Crippen LogP contribution in [0.2, 0.25) is 5.02 Å². The molecule has 0 unspecified atom stereocenters. The molecular formula is C18H27ClN2O3. The van der Waals surface area contributed by atoms with Gasteiger partial charge in [0.05, 0.1) is 18.7 Å². The van der Waals surface area contributed by atoms with Crippen molar-refractivity contribution in [2.24, 2.45) is 0 Å². The molecule has 5 nitrogen and oxygen atoms in total. The molecule has 1 aliphatic rings. The molecule has 1 aromatic carbocycles. The van der Waals surface area contributed by atoms with Crippen LogP contribution in [0.5, 0.6) is 5.75 Å². The standard InChI is InChI=1S/C18H27ClN2O3/c1-3-21(11-12-24-16-8-6-7-15(19)13-16)17(22)20-18(14-23-2)9-4-5-10-18/h6-8,13H,3-5,9-12,14H2,1-2H3,(H,20,22). The zero-order valence-electron chi connectivity index (χ0n) is 14.5. The molecule has 0 heterocycles. The summed E-state index contributed by atoms with van der Waals surface area (Å²) < 4.78 is 11.0. The number of methoxy groups -OCH3 is 1. The van der Waals surface area contributed by atoms with Crippen LogP contribution in [0.25, 0.3) is 0 Å². The van der Waals surface area contributed by atoms with Gasteiger partial charge in [0.2, 0.25) is 0 Å². The number of benzene rings is 1. The SMILES string of the molecule is CCN(CCOc1cccc(Cl)c1)C(=O)NC1(COC)CCCC1. The number of hydrogen-bond donors (Lipinski definition) is 1. The number of amides is 2. The first-order valence-electron chi connectivity index (χ1n) is 8.53. The molecule has 2 rings (SSSR count). The molecule has 0 saturated heterocycles. The van der Waals surface area contributed by atoms with Gasteiger partial charge in [0.25, 0.3) is 0 Å². The van der Waals surface area contributed by atoms with Crippen LogP contribution >= 0.6 is 11.6 Å². The van der Waals surface area contributed by atoms with Crippen molar-refractivity contribution in [3.05, 3.63) is 29.3 Å². The first-order valence-corrected chi connectivity index (χ1v) is 8.91. The highest BCUT2D eigenvalue weighted by atomic mass is 35.5. The van der Waals surface area contributed by atoms with Crippen LogP contribution in [0.15, 0.2) is 24.3 Å². The normalized spacial score (nSPS) is 16.0. The van der Waals surface area contributed by atoms with Gasteiger partial charge in [0, 0.05) is 18.7 Å². The van der Waals surface area contributed by atoms with E-state index in [0.29, 0.717) is 37.1 Å². The third kappa shape index (κ3) is 5.28. The summed E-state index contributed by atoms with van der Waals surface area (Å²) in [5.41, 5.74) is -0.215. The Bertz CT molecular complexity index is 533. The molecule has 0 aromatic heterocycles. The maximum Gasteiger partial charge on any atom is 0.318 e. The summed E-state index contributed by atoms with van der Waals surface area (Å²) >= 11 is 5.94. The summed E-state index contributed by atoms with van der Waals surface area (Å²) in [6.07, 6.45) is 4.22. The zero-order valence-corrected chi connectivity index (χ0v) is 15.3. The highest BCUT2D eigenvalue weighted by Crippen LogP contribution is 2.30. The van der Waals surface area contributed by atoms with Crippen molar-refractivity contribution in [1.82, 2.24) is 10.2 Å². The minimum absolute atomic E-state index is 0.0499. The molecule has 134 valence electrons. The van der Waals surface area contributed by atoms with Crippen LogP contribution < -0.4 is 10.1 Å². The Morgan fingerprint density at radius 2 is 2.12 bits per heavy atom. The number of urea groups is 1. The predicted octanol–water partition coefficient (Wildman–Crippen LogP) is 3.71. The van der Waals surface area contributed by atoms with Crippen LogP contribution in [0.1, 0.15) is 32.6 Å². The van der Waals surface area contributed by atoms with Crippen LogP contribution in [0.4, 0.5) is 4.79 Å². The second-order valence-electron chi connectivity index (χ2n) is 6.24. The van der Waals surface area contributed by atoms with Crippen LogP contribution in [0, 0.1) is 0 Å². The number of carbonyl (C=O) groups excluding carboxylic acids is 1. The van der Waals surface area contributed by atoms with Gasteiger partial charge in [-0.1, -0.05) is 30.5 Å². The molecule has 1 saturated carbocycles. The van der Waals surface area contributed by atoms with Crippen molar-refractivity contribution >= 4 is 17.6 Å². The summed E-state index contributed by atoms with van der Waals surface area (Å²) in [5, 5.41) is 3.83. The Hall–Kier alpha value is -1.46. The molecule has 0 spiro atoms. The van der Waals surface area contributed by atoms with Crippen LogP contribution in [-0.4, -0.2) is 49.9 Å². The van der Waals surface area contributed by atoms with E-state index < -0.39 is 0 Å². The minimum Gasteiger partial charge on any atom is -0.492 e. The fraction of sp³-hybridized carbons (Fsp3) is 0.611. The lowest BCUT2D eigenvalue weighted by atomic mass is 9.99. The lowest BCUT2D eigenvalue weighted by Gasteiger charge is -2.32. The van der Waals surface area contributed by atoms with E-state index >= 15 is 0 Å². The lowest BCUT2D eigenvalue weighted by molar-refractivity contribution is 0.107. The number of nitrogens with one attached hydrogen (secondary N) is 1. The molecule has 1 aromatic rings. The Labute approximate surface area is 149 Å². The first-order chi connectivity index (χ1) is 11.6. The van der Waals surface area contributed by atoms with E-state index in [1.165, 1.54) is 0 Å². The molecule has 1 aliphatic carbocycles. The Kier molecular flexibility index (Phi) is 7.18. The van der Waals surface area contributed by atoms with Crippen molar-refractivity contribution in [2.45, 2.75) is 38.1 Å². The number of nitrogens with zero attached hydrogens (tertiary/aromatic N) is 1. The van der Waals surface area contributed by atoms with E-state index in [1.54, 1.807) is 24.1 Å². The smallest absolute Gasteiger partial charge is 0.318 e. The van der Waals surface area contributed by atoms with Crippen LogP contribution in [0.3, 0.4) is 0 Å². The topological polar surface area (TPSA) is 50.8 Å². The van der Waals surface area contributed by atoms with E-state index in [1.807, 2.05) is 19.1 Å². The fourth-order valence-corrected chi connectivity index (χ4v) is 3.35. The van der Waals surface area contributed by atoms with Crippen LogP contribution in [-0.2, 0) is 4.74 Å². The van der Waals surface area contributed by atoms with Gasteiger partial charge < -0.3 is 19.7 Å². The van der Waals surface area contributed by atoms with Crippen molar-refractivity contribution in [2.75, 3.05) is 33.4 Å². The highest BCUT2D eigenvalue weighted by molar-refractivity contribution is 6.30. The summed E-state index contributed by atoms with van der Waals surface area (Å²) in [7, 11) is 1.68. The number of hydrogen-bond acceptors (Lipinski definition) is 3. The second-order valence-corrected chi connectivity index (χ2v) is 6.67. The Morgan fingerprint density at radius 3 is 2.75 bits per heavy atom. The largest absolute Gasteiger partial charge is 0.492 e. The average molecular weight is 355 g/mol. The quantitative estimate of drug-likeness (QED) is 0.774. The number of likely N-dealkylation sites (N-methyl/N-ethyl adjacent to an activating group) is 1.